The van der Waals surface area contributed by atoms with Gasteiger partial charge in [-0.1, -0.05) is 0 Å². The van der Waals surface area contributed by atoms with Crippen LogP contribution in [-0.4, -0.2) is 61.4 Å². The number of carboxylic acid groups (broad SMARTS) is 1. The smallest absolute Gasteiger partial charge is 0.306 e. The highest BCUT2D eigenvalue weighted by Gasteiger charge is 2.39. The van der Waals surface area contributed by atoms with Crippen LogP contribution in [0, 0.1) is 11.8 Å². The lowest BCUT2D eigenvalue weighted by molar-refractivity contribution is -0.149. The SMILES string of the molecule is COCCCOC1CN(C(=O)[C@@H]2CC[C@H](C(=O)O)C2)C1. The number of carbonyl (C=O) groups excluding carboxylic acids is 1. The number of hydrogen-bond donors (Lipinski definition) is 1. The van der Waals surface area contributed by atoms with E-state index in [1.54, 1.807) is 12.0 Å². The number of aliphatic carboxylic acids is 1. The molecule has 2 rings (SSSR count). The molecule has 20 heavy (non-hydrogen) atoms. The Kier molecular flexibility index (Phi) is 5.37. The van der Waals surface area contributed by atoms with Gasteiger partial charge in [-0.05, 0) is 25.7 Å². The normalized spacial score (nSPS) is 26.6. The quantitative estimate of drug-likeness (QED) is 0.699. The van der Waals surface area contributed by atoms with Gasteiger partial charge in [-0.3, -0.25) is 9.59 Å². The minimum absolute atomic E-state index is 0.102. The van der Waals surface area contributed by atoms with Gasteiger partial charge in [0, 0.05) is 39.3 Å². The fourth-order valence-corrected chi connectivity index (χ4v) is 2.87. The largest absolute Gasteiger partial charge is 0.481 e. The van der Waals surface area contributed by atoms with Crippen LogP contribution in [0.5, 0.6) is 0 Å². The van der Waals surface area contributed by atoms with Gasteiger partial charge in [0.2, 0.25) is 5.91 Å². The van der Waals surface area contributed by atoms with Crippen molar-refractivity contribution < 1.29 is 24.2 Å². The molecule has 0 aromatic rings. The minimum Gasteiger partial charge on any atom is -0.481 e. The molecule has 2 aliphatic rings. The lowest BCUT2D eigenvalue weighted by Crippen LogP contribution is -2.56. The fourth-order valence-electron chi connectivity index (χ4n) is 2.87. The summed E-state index contributed by atoms with van der Waals surface area (Å²) in [6.07, 6.45) is 2.81. The van der Waals surface area contributed by atoms with Crippen LogP contribution >= 0.6 is 0 Å². The van der Waals surface area contributed by atoms with Gasteiger partial charge >= 0.3 is 5.97 Å². The van der Waals surface area contributed by atoms with Crippen molar-refractivity contribution >= 4 is 11.9 Å². The van der Waals surface area contributed by atoms with E-state index in [9.17, 15) is 9.59 Å². The van der Waals surface area contributed by atoms with Crippen LogP contribution in [0.2, 0.25) is 0 Å². The highest BCUT2D eigenvalue weighted by molar-refractivity contribution is 5.81. The molecule has 0 radical (unpaired) electrons. The first-order chi connectivity index (χ1) is 9.61. The van der Waals surface area contributed by atoms with E-state index in [0.29, 0.717) is 45.6 Å². The molecule has 1 aliphatic heterocycles. The summed E-state index contributed by atoms with van der Waals surface area (Å²) in [4.78, 5) is 24.9. The number of ether oxygens (including phenoxy) is 2. The van der Waals surface area contributed by atoms with E-state index >= 15 is 0 Å². The third-order valence-electron chi connectivity index (χ3n) is 4.14. The Morgan fingerprint density at radius 3 is 2.50 bits per heavy atom. The van der Waals surface area contributed by atoms with Crippen LogP contribution in [0.3, 0.4) is 0 Å². The van der Waals surface area contributed by atoms with Crippen molar-refractivity contribution in [3.63, 3.8) is 0 Å². The number of hydrogen-bond acceptors (Lipinski definition) is 4. The average molecular weight is 285 g/mol. The zero-order chi connectivity index (χ0) is 14.5. The Hall–Kier alpha value is -1.14. The molecule has 0 bridgehead atoms. The van der Waals surface area contributed by atoms with E-state index in [0.717, 1.165) is 6.42 Å². The summed E-state index contributed by atoms with van der Waals surface area (Å²) in [7, 11) is 1.66. The zero-order valence-corrected chi connectivity index (χ0v) is 11.9. The van der Waals surface area contributed by atoms with E-state index in [-0.39, 0.29) is 23.8 Å². The summed E-state index contributed by atoms with van der Waals surface area (Å²) in [5, 5.41) is 8.95. The van der Waals surface area contributed by atoms with Crippen molar-refractivity contribution in [1.29, 1.82) is 0 Å². The number of carbonyl (C=O) groups is 2. The topological polar surface area (TPSA) is 76.1 Å². The van der Waals surface area contributed by atoms with Crippen molar-refractivity contribution in [3.05, 3.63) is 0 Å². The first-order valence-electron chi connectivity index (χ1n) is 7.24. The molecule has 1 saturated heterocycles. The first-order valence-corrected chi connectivity index (χ1v) is 7.24. The van der Waals surface area contributed by atoms with Gasteiger partial charge in [0.1, 0.15) is 0 Å². The van der Waals surface area contributed by atoms with Crippen LogP contribution in [-0.2, 0) is 19.1 Å². The van der Waals surface area contributed by atoms with E-state index in [4.69, 9.17) is 14.6 Å². The maximum Gasteiger partial charge on any atom is 0.306 e. The average Bonchev–Trinajstić information content (AvgIpc) is 2.85. The molecule has 2 atom stereocenters. The number of methoxy groups -OCH3 is 1. The molecule has 1 amide bonds. The number of carboxylic acids is 1. The van der Waals surface area contributed by atoms with Crippen LogP contribution < -0.4 is 0 Å². The van der Waals surface area contributed by atoms with Crippen molar-refractivity contribution in [2.45, 2.75) is 31.8 Å². The maximum atomic E-state index is 12.2. The third kappa shape index (κ3) is 3.70. The predicted molar refractivity (Wildman–Crippen MR) is 71.3 cm³/mol. The van der Waals surface area contributed by atoms with Crippen LogP contribution in [0.4, 0.5) is 0 Å². The molecule has 114 valence electrons. The molecule has 0 aromatic carbocycles. The van der Waals surface area contributed by atoms with Crippen LogP contribution in [0.1, 0.15) is 25.7 Å². The molecule has 0 unspecified atom stereocenters. The van der Waals surface area contributed by atoms with Crippen molar-refractivity contribution in [2.24, 2.45) is 11.8 Å². The minimum atomic E-state index is -0.775. The molecule has 6 nitrogen and oxygen atoms in total. The van der Waals surface area contributed by atoms with Crippen molar-refractivity contribution in [3.8, 4) is 0 Å². The summed E-state index contributed by atoms with van der Waals surface area (Å²) in [6, 6.07) is 0. The van der Waals surface area contributed by atoms with Crippen LogP contribution in [0.15, 0.2) is 0 Å². The Morgan fingerprint density at radius 1 is 1.20 bits per heavy atom. The second kappa shape index (κ2) is 7.04. The second-order valence-electron chi connectivity index (χ2n) is 5.63. The number of likely N-dealkylation sites (tertiary alicyclic amines) is 1. The van der Waals surface area contributed by atoms with E-state index in [1.807, 2.05) is 0 Å². The molecule has 6 heteroatoms. The van der Waals surface area contributed by atoms with Gasteiger partial charge < -0.3 is 19.5 Å². The number of amides is 1. The monoisotopic (exact) mass is 285 g/mol. The van der Waals surface area contributed by atoms with Crippen molar-refractivity contribution in [1.82, 2.24) is 4.90 Å². The van der Waals surface area contributed by atoms with Gasteiger partial charge in [0.25, 0.3) is 0 Å². The lowest BCUT2D eigenvalue weighted by Gasteiger charge is -2.40. The second-order valence-corrected chi connectivity index (χ2v) is 5.63. The van der Waals surface area contributed by atoms with Crippen molar-refractivity contribution in [2.75, 3.05) is 33.4 Å². The summed E-state index contributed by atoms with van der Waals surface area (Å²) < 4.78 is 10.6. The van der Waals surface area contributed by atoms with E-state index in [1.165, 1.54) is 0 Å². The first kappa shape index (κ1) is 15.3. The summed E-state index contributed by atoms with van der Waals surface area (Å²) in [6.45, 7) is 2.62. The number of rotatable bonds is 7. The molecular weight excluding hydrogens is 262 g/mol. The standard InChI is InChI=1S/C14H23NO5/c1-19-5-2-6-20-12-8-15(9-12)13(16)10-3-4-11(7-10)14(17)18/h10-12H,2-9H2,1H3,(H,17,18)/t10-,11+/m1/s1. The molecule has 1 heterocycles. The van der Waals surface area contributed by atoms with Gasteiger partial charge in [-0.25, -0.2) is 0 Å². The van der Waals surface area contributed by atoms with E-state index in [2.05, 4.69) is 0 Å². The number of nitrogens with zero attached hydrogens (tertiary/aromatic N) is 1. The molecule has 2 fully saturated rings. The lowest BCUT2D eigenvalue weighted by atomic mass is 10.0. The van der Waals surface area contributed by atoms with Gasteiger partial charge in [-0.2, -0.15) is 0 Å². The zero-order valence-electron chi connectivity index (χ0n) is 11.9. The molecule has 1 aliphatic carbocycles. The third-order valence-corrected chi connectivity index (χ3v) is 4.14. The predicted octanol–water partition coefficient (Wildman–Crippen LogP) is 0.751. The molecule has 1 N–H and O–H groups in total. The highest BCUT2D eigenvalue weighted by atomic mass is 16.5. The van der Waals surface area contributed by atoms with Crippen LogP contribution in [0.25, 0.3) is 0 Å². The molecule has 1 saturated carbocycles. The Labute approximate surface area is 119 Å². The van der Waals surface area contributed by atoms with Gasteiger partial charge in [0.15, 0.2) is 0 Å². The summed E-state index contributed by atoms with van der Waals surface area (Å²) in [5.74, 6) is -1.12. The summed E-state index contributed by atoms with van der Waals surface area (Å²) in [5.41, 5.74) is 0. The molecule has 0 aromatic heterocycles. The maximum absolute atomic E-state index is 12.2. The molecular formula is C14H23NO5. The summed E-state index contributed by atoms with van der Waals surface area (Å²) >= 11 is 0. The molecule has 0 spiro atoms. The fraction of sp³-hybridized carbons (Fsp3) is 0.857. The van der Waals surface area contributed by atoms with Gasteiger partial charge in [0.05, 0.1) is 12.0 Å². The highest BCUT2D eigenvalue weighted by Crippen LogP contribution is 2.33. The Balaban J connectivity index is 1.63. The Morgan fingerprint density at radius 2 is 1.90 bits per heavy atom. The van der Waals surface area contributed by atoms with Gasteiger partial charge in [-0.15, -0.1) is 0 Å². The Bertz CT molecular complexity index is 353. The van der Waals surface area contributed by atoms with E-state index < -0.39 is 5.97 Å².